The monoisotopic (exact) mass is 310 g/mol. The van der Waals surface area contributed by atoms with Gasteiger partial charge in [0.1, 0.15) is 6.26 Å². The number of oxazole rings is 1. The van der Waals surface area contributed by atoms with Gasteiger partial charge in [0.05, 0.1) is 24.0 Å². The number of nitrogens with zero attached hydrogens (tertiary/aromatic N) is 3. The predicted octanol–water partition coefficient (Wildman–Crippen LogP) is 2.80. The molecule has 0 aliphatic rings. The Balaban J connectivity index is 1.63. The van der Waals surface area contributed by atoms with Crippen LogP contribution in [0.25, 0.3) is 11.5 Å². The van der Waals surface area contributed by atoms with Crippen molar-refractivity contribution in [1.29, 1.82) is 0 Å². The van der Waals surface area contributed by atoms with Crippen molar-refractivity contribution in [3.63, 3.8) is 0 Å². The Morgan fingerprint density at radius 3 is 2.78 bits per heavy atom. The molecular formula is C17H18N4O2. The summed E-state index contributed by atoms with van der Waals surface area (Å²) < 4.78 is 7.18. The van der Waals surface area contributed by atoms with Crippen LogP contribution in [-0.2, 0) is 13.1 Å². The van der Waals surface area contributed by atoms with Gasteiger partial charge in [0, 0.05) is 18.3 Å². The number of hydrogen-bond acceptors (Lipinski definition) is 4. The standard InChI is InChI=1S/C17H18N4O2/c1-3-21-10-14(8-19-21)16(22)18-9-15-11-23-17(20-15)13-6-4-12(2)5-7-13/h4-8,10-11H,3,9H2,1-2H3,(H,18,22). The van der Waals surface area contributed by atoms with Crippen LogP contribution in [0.5, 0.6) is 0 Å². The molecule has 0 atom stereocenters. The molecule has 3 aromatic rings. The van der Waals surface area contributed by atoms with Crippen molar-refractivity contribution >= 4 is 5.91 Å². The third-order valence-electron chi connectivity index (χ3n) is 3.50. The lowest BCUT2D eigenvalue weighted by atomic mass is 10.1. The highest BCUT2D eigenvalue weighted by Gasteiger charge is 2.10. The highest BCUT2D eigenvalue weighted by Crippen LogP contribution is 2.19. The van der Waals surface area contributed by atoms with Gasteiger partial charge in [-0.15, -0.1) is 0 Å². The first-order valence-corrected chi connectivity index (χ1v) is 7.48. The van der Waals surface area contributed by atoms with Gasteiger partial charge < -0.3 is 9.73 Å². The normalized spacial score (nSPS) is 10.7. The van der Waals surface area contributed by atoms with Crippen LogP contribution in [0.4, 0.5) is 0 Å². The molecule has 3 rings (SSSR count). The number of aromatic nitrogens is 3. The molecule has 0 bridgehead atoms. The molecule has 23 heavy (non-hydrogen) atoms. The summed E-state index contributed by atoms with van der Waals surface area (Å²) in [6.45, 7) is 5.04. The molecule has 0 radical (unpaired) electrons. The third kappa shape index (κ3) is 3.48. The molecule has 2 aromatic heterocycles. The molecule has 0 saturated heterocycles. The summed E-state index contributed by atoms with van der Waals surface area (Å²) in [5.74, 6) is 0.373. The molecule has 118 valence electrons. The van der Waals surface area contributed by atoms with E-state index in [1.165, 1.54) is 5.56 Å². The summed E-state index contributed by atoms with van der Waals surface area (Å²) in [6.07, 6.45) is 4.83. The van der Waals surface area contributed by atoms with Crippen molar-refractivity contribution in [3.8, 4) is 11.5 Å². The van der Waals surface area contributed by atoms with E-state index in [1.807, 2.05) is 38.1 Å². The Morgan fingerprint density at radius 2 is 2.09 bits per heavy atom. The molecule has 0 saturated carbocycles. The van der Waals surface area contributed by atoms with Gasteiger partial charge in [0.15, 0.2) is 0 Å². The average molecular weight is 310 g/mol. The van der Waals surface area contributed by atoms with Crippen molar-refractivity contribution in [2.24, 2.45) is 0 Å². The van der Waals surface area contributed by atoms with Crippen molar-refractivity contribution in [1.82, 2.24) is 20.1 Å². The molecule has 1 amide bonds. The molecule has 1 N–H and O–H groups in total. The van der Waals surface area contributed by atoms with Crippen molar-refractivity contribution < 1.29 is 9.21 Å². The van der Waals surface area contributed by atoms with E-state index in [9.17, 15) is 4.79 Å². The first-order valence-electron chi connectivity index (χ1n) is 7.48. The van der Waals surface area contributed by atoms with Crippen LogP contribution >= 0.6 is 0 Å². The minimum absolute atomic E-state index is 0.176. The summed E-state index contributed by atoms with van der Waals surface area (Å²) in [5.41, 5.74) is 3.31. The second-order valence-corrected chi connectivity index (χ2v) is 5.28. The fourth-order valence-electron chi connectivity index (χ4n) is 2.14. The smallest absolute Gasteiger partial charge is 0.254 e. The van der Waals surface area contributed by atoms with Crippen LogP contribution in [0.1, 0.15) is 28.5 Å². The maximum Gasteiger partial charge on any atom is 0.254 e. The first kappa shape index (κ1) is 15.0. The fraction of sp³-hybridized carbons (Fsp3) is 0.235. The quantitative estimate of drug-likeness (QED) is 0.786. The number of amides is 1. The van der Waals surface area contributed by atoms with Gasteiger partial charge >= 0.3 is 0 Å². The number of nitrogens with one attached hydrogen (secondary N) is 1. The predicted molar refractivity (Wildman–Crippen MR) is 85.7 cm³/mol. The molecule has 6 nitrogen and oxygen atoms in total. The lowest BCUT2D eigenvalue weighted by Gasteiger charge is -2.00. The maximum atomic E-state index is 12.0. The molecule has 2 heterocycles. The van der Waals surface area contributed by atoms with Crippen molar-refractivity contribution in [2.75, 3.05) is 0 Å². The second kappa shape index (κ2) is 6.48. The third-order valence-corrected chi connectivity index (χ3v) is 3.50. The number of carbonyl (C=O) groups is 1. The SMILES string of the molecule is CCn1cc(C(=O)NCc2coc(-c3ccc(C)cc3)n2)cn1. The van der Waals surface area contributed by atoms with E-state index in [1.54, 1.807) is 23.3 Å². The van der Waals surface area contributed by atoms with Crippen LogP contribution in [0, 0.1) is 6.92 Å². The Bertz CT molecular complexity index is 802. The number of rotatable bonds is 5. The number of carbonyl (C=O) groups excluding carboxylic acids is 1. The van der Waals surface area contributed by atoms with Crippen molar-refractivity contribution in [3.05, 3.63) is 59.7 Å². The summed E-state index contributed by atoms with van der Waals surface area (Å²) in [5, 5.41) is 6.90. The van der Waals surface area contributed by atoms with Crippen LogP contribution in [0.3, 0.4) is 0 Å². The fourth-order valence-corrected chi connectivity index (χ4v) is 2.14. The molecule has 1 aromatic carbocycles. The number of aryl methyl sites for hydroxylation is 2. The van der Waals surface area contributed by atoms with Gasteiger partial charge in [-0.2, -0.15) is 5.10 Å². The Labute approximate surface area is 134 Å². The van der Waals surface area contributed by atoms with Gasteiger partial charge in [0.25, 0.3) is 5.91 Å². The Kier molecular flexibility index (Phi) is 4.23. The van der Waals surface area contributed by atoms with Crippen LogP contribution in [0.2, 0.25) is 0 Å². The second-order valence-electron chi connectivity index (χ2n) is 5.28. The van der Waals surface area contributed by atoms with Crippen LogP contribution in [0.15, 0.2) is 47.3 Å². The van der Waals surface area contributed by atoms with E-state index in [0.29, 0.717) is 23.7 Å². The van der Waals surface area contributed by atoms with Gasteiger partial charge in [-0.3, -0.25) is 9.48 Å². The molecule has 0 fully saturated rings. The van der Waals surface area contributed by atoms with Gasteiger partial charge in [0.2, 0.25) is 5.89 Å². The Morgan fingerprint density at radius 1 is 1.30 bits per heavy atom. The molecule has 0 aliphatic carbocycles. The minimum Gasteiger partial charge on any atom is -0.444 e. The molecule has 0 unspecified atom stereocenters. The van der Waals surface area contributed by atoms with Crippen LogP contribution in [-0.4, -0.2) is 20.7 Å². The van der Waals surface area contributed by atoms with E-state index in [4.69, 9.17) is 4.42 Å². The summed E-state index contributed by atoms with van der Waals surface area (Å²) in [7, 11) is 0. The minimum atomic E-state index is -0.176. The Hall–Kier alpha value is -2.89. The zero-order valence-electron chi connectivity index (χ0n) is 13.1. The molecule has 0 aliphatic heterocycles. The largest absolute Gasteiger partial charge is 0.444 e. The van der Waals surface area contributed by atoms with Gasteiger partial charge in [-0.05, 0) is 26.0 Å². The average Bonchev–Trinajstić information content (AvgIpc) is 3.22. The van der Waals surface area contributed by atoms with Crippen molar-refractivity contribution in [2.45, 2.75) is 26.9 Å². The number of benzene rings is 1. The maximum absolute atomic E-state index is 12.0. The van der Waals surface area contributed by atoms with E-state index in [2.05, 4.69) is 15.4 Å². The van der Waals surface area contributed by atoms with Crippen LogP contribution < -0.4 is 5.32 Å². The van der Waals surface area contributed by atoms with E-state index in [-0.39, 0.29) is 5.91 Å². The molecule has 0 spiro atoms. The summed E-state index contributed by atoms with van der Waals surface area (Å²) in [4.78, 5) is 16.4. The van der Waals surface area contributed by atoms with E-state index < -0.39 is 0 Å². The topological polar surface area (TPSA) is 73.0 Å². The zero-order chi connectivity index (χ0) is 16.2. The zero-order valence-corrected chi connectivity index (χ0v) is 13.1. The summed E-state index contributed by atoms with van der Waals surface area (Å²) in [6, 6.07) is 7.93. The highest BCUT2D eigenvalue weighted by atomic mass is 16.3. The lowest BCUT2D eigenvalue weighted by Crippen LogP contribution is -2.22. The molecular weight excluding hydrogens is 292 g/mol. The number of hydrogen-bond donors (Lipinski definition) is 1. The first-order chi connectivity index (χ1) is 11.2. The highest BCUT2D eigenvalue weighted by molar-refractivity contribution is 5.93. The van der Waals surface area contributed by atoms with Gasteiger partial charge in [-0.1, -0.05) is 17.7 Å². The summed E-state index contributed by atoms with van der Waals surface area (Å²) >= 11 is 0. The lowest BCUT2D eigenvalue weighted by molar-refractivity contribution is 0.0950. The van der Waals surface area contributed by atoms with E-state index >= 15 is 0 Å². The van der Waals surface area contributed by atoms with Gasteiger partial charge in [-0.25, -0.2) is 4.98 Å². The molecule has 6 heteroatoms. The van der Waals surface area contributed by atoms with E-state index in [0.717, 1.165) is 12.1 Å².